The van der Waals surface area contributed by atoms with Crippen LogP contribution in [-0.2, 0) is 0 Å². The van der Waals surface area contributed by atoms with E-state index in [1.54, 1.807) is 43.0 Å². The number of nitrogen functional groups attached to an aromatic ring is 1. The predicted octanol–water partition coefficient (Wildman–Crippen LogP) is 3.91. The van der Waals surface area contributed by atoms with Crippen molar-refractivity contribution >= 4 is 29.1 Å². The maximum Gasteiger partial charge on any atom is 0.257 e. The van der Waals surface area contributed by atoms with Gasteiger partial charge in [0.1, 0.15) is 0 Å². The van der Waals surface area contributed by atoms with Crippen molar-refractivity contribution in [2.75, 3.05) is 18.1 Å². The number of rotatable bonds is 4. The number of halogens is 1. The van der Waals surface area contributed by atoms with Crippen LogP contribution in [0, 0.1) is 12.7 Å². The van der Waals surface area contributed by atoms with E-state index >= 15 is 0 Å². The molecule has 1 aromatic carbocycles. The van der Waals surface area contributed by atoms with Crippen molar-refractivity contribution in [1.29, 1.82) is 0 Å². The summed E-state index contributed by atoms with van der Waals surface area (Å²) in [5.74, 6) is -0.579. The number of aliphatic imine (C=N–C) groups is 1. The number of amides is 1. The van der Waals surface area contributed by atoms with Crippen molar-refractivity contribution in [3.63, 3.8) is 0 Å². The Morgan fingerprint density at radius 2 is 2.03 bits per heavy atom. The number of imidazole rings is 1. The Bertz CT molecular complexity index is 1190. The maximum atomic E-state index is 14.4. The zero-order valence-corrected chi connectivity index (χ0v) is 18.8. The Morgan fingerprint density at radius 1 is 1.31 bits per heavy atom. The first-order valence-corrected chi connectivity index (χ1v) is 10.8. The van der Waals surface area contributed by atoms with Crippen LogP contribution >= 0.6 is 0 Å². The zero-order valence-electron chi connectivity index (χ0n) is 18.8. The van der Waals surface area contributed by atoms with Gasteiger partial charge in [-0.05, 0) is 51.2 Å². The Morgan fingerprint density at radius 3 is 2.72 bits per heavy atom. The van der Waals surface area contributed by atoms with Crippen molar-refractivity contribution < 1.29 is 9.18 Å². The first-order chi connectivity index (χ1) is 15.3. The minimum atomic E-state index is -0.507. The molecule has 1 aliphatic heterocycles. The van der Waals surface area contributed by atoms with E-state index in [0.717, 1.165) is 24.0 Å². The van der Waals surface area contributed by atoms with E-state index < -0.39 is 11.7 Å². The van der Waals surface area contributed by atoms with Gasteiger partial charge in [-0.25, -0.2) is 9.37 Å². The van der Waals surface area contributed by atoms with Gasteiger partial charge in [0, 0.05) is 49.4 Å². The summed E-state index contributed by atoms with van der Waals surface area (Å²) in [6.45, 7) is 6.14. The van der Waals surface area contributed by atoms with Crippen LogP contribution in [0.15, 0.2) is 35.6 Å². The average molecular weight is 437 g/mol. The quantitative estimate of drug-likeness (QED) is 0.427. The number of carbonyl (C=O) groups is 1. The number of nitrogens with one attached hydrogen (secondary N) is 2. The van der Waals surface area contributed by atoms with Crippen molar-refractivity contribution in [2.45, 2.75) is 51.6 Å². The fourth-order valence-electron chi connectivity index (χ4n) is 4.75. The molecule has 0 bridgehead atoms. The molecule has 3 heterocycles. The Balaban J connectivity index is 1.66. The lowest BCUT2D eigenvalue weighted by Gasteiger charge is -2.34. The molecule has 32 heavy (non-hydrogen) atoms. The monoisotopic (exact) mass is 436 g/mol. The normalized spacial score (nSPS) is 21.3. The van der Waals surface area contributed by atoms with Gasteiger partial charge in [-0.1, -0.05) is 6.07 Å². The van der Waals surface area contributed by atoms with Crippen LogP contribution in [0.5, 0.6) is 0 Å². The number of pyridine rings is 1. The molecule has 4 rings (SSSR count). The molecule has 1 fully saturated rings. The summed E-state index contributed by atoms with van der Waals surface area (Å²) >= 11 is 0. The van der Waals surface area contributed by atoms with Gasteiger partial charge < -0.3 is 20.8 Å². The zero-order chi connectivity index (χ0) is 23.0. The molecule has 168 valence electrons. The third-order valence-electron chi connectivity index (χ3n) is 5.99. The van der Waals surface area contributed by atoms with Crippen molar-refractivity contribution in [3.8, 4) is 0 Å². The number of anilines is 2. The van der Waals surface area contributed by atoms with Crippen LogP contribution in [0.2, 0.25) is 0 Å². The van der Waals surface area contributed by atoms with Gasteiger partial charge in [0.15, 0.2) is 11.5 Å². The highest BCUT2D eigenvalue weighted by molar-refractivity contribution is 6.10. The first-order valence-electron chi connectivity index (χ1n) is 10.8. The molecule has 1 amide bonds. The number of hydrogen-bond donors (Lipinski definition) is 3. The lowest BCUT2D eigenvalue weighted by atomic mass is 9.81. The van der Waals surface area contributed by atoms with Gasteiger partial charge >= 0.3 is 0 Å². The van der Waals surface area contributed by atoms with Gasteiger partial charge in [-0.2, -0.15) is 0 Å². The summed E-state index contributed by atoms with van der Waals surface area (Å²) in [6.07, 6.45) is 7.03. The summed E-state index contributed by atoms with van der Waals surface area (Å²) in [7, 11) is 1.69. The lowest BCUT2D eigenvalue weighted by molar-refractivity contribution is 0.102. The minimum absolute atomic E-state index is 0.219. The van der Waals surface area contributed by atoms with E-state index in [0.29, 0.717) is 40.6 Å². The van der Waals surface area contributed by atoms with Crippen molar-refractivity contribution in [1.82, 2.24) is 14.7 Å². The fraction of sp³-hybridized carbons (Fsp3) is 0.375. The number of fused-ring (bicyclic) bond motifs is 1. The molecule has 1 aliphatic rings. The SMILES string of the molecule is CN=Cc1c(C2C[C@@H](C)N[C@@H](C)C2)ccc(C(=O)Nc2cc(F)c3nc(C)cn3c2)c1N. The molecule has 1 saturated heterocycles. The number of nitrogens with zero attached hydrogens (tertiary/aromatic N) is 3. The van der Waals surface area contributed by atoms with Gasteiger partial charge in [0.25, 0.3) is 5.91 Å². The highest BCUT2D eigenvalue weighted by Gasteiger charge is 2.27. The molecule has 3 atom stereocenters. The molecule has 4 N–H and O–H groups in total. The number of benzene rings is 1. The Kier molecular flexibility index (Phi) is 5.97. The molecule has 8 heteroatoms. The minimum Gasteiger partial charge on any atom is -0.398 e. The van der Waals surface area contributed by atoms with Gasteiger partial charge in [0.05, 0.1) is 22.6 Å². The van der Waals surface area contributed by atoms with Gasteiger partial charge in [0.2, 0.25) is 0 Å². The highest BCUT2D eigenvalue weighted by atomic mass is 19.1. The third-order valence-corrected chi connectivity index (χ3v) is 5.99. The molecule has 2 aromatic heterocycles. The largest absolute Gasteiger partial charge is 0.398 e. The Labute approximate surface area is 186 Å². The summed E-state index contributed by atoms with van der Waals surface area (Å²) in [6, 6.07) is 5.78. The lowest BCUT2D eigenvalue weighted by Crippen LogP contribution is -2.41. The van der Waals surface area contributed by atoms with Crippen LogP contribution in [0.25, 0.3) is 5.65 Å². The standard InChI is InChI=1S/C24H29FN6O/c1-13-7-16(8-14(2)28-13)18-5-6-19(22(26)20(18)10-27-4)24(32)30-17-9-21(25)23-29-15(3)11-31(23)12-17/h5-6,9-14,16,28H,7-8,26H2,1-4H3,(H,30,32)/t13-,14+,16?. The molecule has 7 nitrogen and oxygen atoms in total. The summed E-state index contributed by atoms with van der Waals surface area (Å²) in [4.78, 5) is 21.4. The van der Waals surface area contributed by atoms with E-state index in [9.17, 15) is 9.18 Å². The second-order valence-electron chi connectivity index (χ2n) is 8.70. The number of aryl methyl sites for hydroxylation is 1. The van der Waals surface area contributed by atoms with Crippen LogP contribution in [0.4, 0.5) is 15.8 Å². The molecule has 0 radical (unpaired) electrons. The van der Waals surface area contributed by atoms with Crippen LogP contribution in [0.3, 0.4) is 0 Å². The highest BCUT2D eigenvalue weighted by Crippen LogP contribution is 2.35. The van der Waals surface area contributed by atoms with Gasteiger partial charge in [-0.3, -0.25) is 9.79 Å². The van der Waals surface area contributed by atoms with Crippen LogP contribution < -0.4 is 16.4 Å². The number of hydrogen-bond acceptors (Lipinski definition) is 5. The molecule has 1 unspecified atom stereocenters. The molecule has 0 aliphatic carbocycles. The summed E-state index contributed by atoms with van der Waals surface area (Å²) < 4.78 is 16.0. The van der Waals surface area contributed by atoms with Crippen LogP contribution in [0.1, 0.15) is 59.8 Å². The molecular formula is C24H29FN6O. The molecule has 3 aromatic rings. The topological polar surface area (TPSA) is 96.8 Å². The van der Waals surface area contributed by atoms with E-state index in [2.05, 4.69) is 34.5 Å². The number of carbonyl (C=O) groups excluding carboxylic acids is 1. The third kappa shape index (κ3) is 4.23. The van der Waals surface area contributed by atoms with Gasteiger partial charge in [-0.15, -0.1) is 0 Å². The molecule has 0 spiro atoms. The summed E-state index contributed by atoms with van der Waals surface area (Å²) in [5, 5.41) is 6.32. The maximum absolute atomic E-state index is 14.4. The van der Waals surface area contributed by atoms with Crippen molar-refractivity contribution in [3.05, 3.63) is 58.8 Å². The number of aromatic nitrogens is 2. The number of piperidine rings is 1. The second kappa shape index (κ2) is 8.70. The fourth-order valence-corrected chi connectivity index (χ4v) is 4.75. The van der Waals surface area contributed by atoms with Crippen molar-refractivity contribution in [2.24, 2.45) is 4.99 Å². The smallest absolute Gasteiger partial charge is 0.257 e. The van der Waals surface area contributed by atoms with E-state index in [4.69, 9.17) is 5.73 Å². The summed E-state index contributed by atoms with van der Waals surface area (Å²) in [5.41, 5.74) is 10.3. The average Bonchev–Trinajstić information content (AvgIpc) is 3.09. The first kappa shape index (κ1) is 22.0. The van der Waals surface area contributed by atoms with Crippen LogP contribution in [-0.4, -0.2) is 40.6 Å². The van der Waals surface area contributed by atoms with E-state index in [1.807, 2.05) is 6.07 Å². The molecule has 0 saturated carbocycles. The van der Waals surface area contributed by atoms with E-state index in [-0.39, 0.29) is 5.65 Å². The second-order valence-corrected chi connectivity index (χ2v) is 8.70. The Hall–Kier alpha value is -3.26. The molecular weight excluding hydrogens is 407 g/mol. The van der Waals surface area contributed by atoms with E-state index in [1.165, 1.54) is 6.07 Å². The predicted molar refractivity (Wildman–Crippen MR) is 126 cm³/mol. The number of nitrogens with two attached hydrogens (primary N) is 1.